The van der Waals surface area contributed by atoms with Gasteiger partial charge in [0.1, 0.15) is 11.9 Å². The van der Waals surface area contributed by atoms with Gasteiger partial charge in [-0.3, -0.25) is 0 Å². The summed E-state index contributed by atoms with van der Waals surface area (Å²) >= 11 is 0. The number of amides is 1. The molecule has 0 spiro atoms. The average Bonchev–Trinajstić information content (AvgIpc) is 3.17. The highest BCUT2D eigenvalue weighted by atomic mass is 28.4. The molecule has 10 heteroatoms. The highest BCUT2D eigenvalue weighted by Crippen LogP contribution is 2.47. The fraction of sp³-hybridized carbons (Fsp3) is 0.793. The number of aliphatic hydroxyl groups excluding tert-OH is 1. The van der Waals surface area contributed by atoms with Crippen molar-refractivity contribution in [3.8, 4) is 0 Å². The van der Waals surface area contributed by atoms with Gasteiger partial charge in [0.2, 0.25) is 0 Å². The third kappa shape index (κ3) is 6.55. The highest BCUT2D eigenvalue weighted by molar-refractivity contribution is 6.74. The Balaban J connectivity index is 2.12. The third-order valence-corrected chi connectivity index (χ3v) is 14.8. The number of hydrogen-bond donors (Lipinski definition) is 2. The summed E-state index contributed by atoms with van der Waals surface area (Å²) in [5, 5.41) is 21.4. The molecule has 1 amide bonds. The number of rotatable bonds is 9. The summed E-state index contributed by atoms with van der Waals surface area (Å²) < 4.78 is 13.2. The zero-order valence-electron chi connectivity index (χ0n) is 26.3. The van der Waals surface area contributed by atoms with Crippen LogP contribution in [0.1, 0.15) is 84.4 Å². The topological polar surface area (TPSA) is 95.4 Å². The minimum Gasteiger partial charge on any atom is -0.465 e. The van der Waals surface area contributed by atoms with Crippen molar-refractivity contribution in [2.45, 2.75) is 117 Å². The van der Waals surface area contributed by atoms with Gasteiger partial charge >= 0.3 is 6.09 Å². The lowest BCUT2D eigenvalue weighted by molar-refractivity contribution is 0.0273. The van der Waals surface area contributed by atoms with E-state index in [-0.39, 0.29) is 35.2 Å². The Labute approximate surface area is 239 Å². The molecule has 0 radical (unpaired) electrons. The summed E-state index contributed by atoms with van der Waals surface area (Å²) in [6, 6.07) is 2.16. The molecule has 2 aliphatic heterocycles. The van der Waals surface area contributed by atoms with Crippen molar-refractivity contribution >= 4 is 29.3 Å². The van der Waals surface area contributed by atoms with Gasteiger partial charge in [0.25, 0.3) is 0 Å². The van der Waals surface area contributed by atoms with Crippen LogP contribution in [-0.4, -0.2) is 75.3 Å². The van der Waals surface area contributed by atoms with Crippen LogP contribution >= 0.6 is 0 Å². The van der Waals surface area contributed by atoms with Crippen molar-refractivity contribution in [3.63, 3.8) is 0 Å². The van der Waals surface area contributed by atoms with Crippen LogP contribution in [0.5, 0.6) is 0 Å². The first-order valence-corrected chi connectivity index (χ1v) is 20.2. The molecule has 8 nitrogen and oxygen atoms in total. The van der Waals surface area contributed by atoms with Gasteiger partial charge in [0, 0.05) is 24.7 Å². The van der Waals surface area contributed by atoms with Gasteiger partial charge in [0.15, 0.2) is 17.4 Å². The van der Waals surface area contributed by atoms with Crippen LogP contribution in [0, 0.1) is 11.3 Å². The van der Waals surface area contributed by atoms with Gasteiger partial charge in [-0.15, -0.1) is 0 Å². The maximum atomic E-state index is 11.8. The maximum Gasteiger partial charge on any atom is 0.407 e. The van der Waals surface area contributed by atoms with Crippen molar-refractivity contribution in [2.24, 2.45) is 11.3 Å². The number of hydrogen-bond acceptors (Lipinski definition) is 6. The number of carbonyl (C=O) groups is 1. The molecule has 0 bridgehead atoms. The van der Waals surface area contributed by atoms with Crippen LogP contribution in [-0.2, 0) is 15.3 Å². The van der Waals surface area contributed by atoms with Gasteiger partial charge in [-0.2, -0.15) is 0 Å². The van der Waals surface area contributed by atoms with E-state index in [9.17, 15) is 15.0 Å². The van der Waals surface area contributed by atoms with E-state index in [2.05, 4.69) is 92.5 Å². The van der Waals surface area contributed by atoms with Crippen molar-refractivity contribution in [1.82, 2.24) is 9.88 Å². The molecule has 0 aromatic carbocycles. The summed E-state index contributed by atoms with van der Waals surface area (Å²) in [6.45, 7) is 27.4. The smallest absolute Gasteiger partial charge is 0.407 e. The molecule has 1 fully saturated rings. The Hall–Kier alpha value is -1.47. The zero-order valence-corrected chi connectivity index (χ0v) is 28.5. The molecule has 2 aliphatic rings. The van der Waals surface area contributed by atoms with Gasteiger partial charge in [-0.05, 0) is 67.5 Å². The van der Waals surface area contributed by atoms with Crippen LogP contribution in [0.2, 0.25) is 31.2 Å². The summed E-state index contributed by atoms with van der Waals surface area (Å²) in [5.74, 6) is 1.23. The predicted octanol–water partition coefficient (Wildman–Crippen LogP) is 5.97. The number of anilines is 1. The fourth-order valence-corrected chi connectivity index (χ4v) is 7.36. The molecule has 2 unspecified atom stereocenters. The van der Waals surface area contributed by atoms with Crippen LogP contribution < -0.4 is 4.90 Å². The second-order valence-corrected chi connectivity index (χ2v) is 21.6. The van der Waals surface area contributed by atoms with Gasteiger partial charge in [-0.25, -0.2) is 9.78 Å². The fourth-order valence-electron chi connectivity index (χ4n) is 5.33. The number of pyridine rings is 1. The Morgan fingerprint density at radius 2 is 1.82 bits per heavy atom. The van der Waals surface area contributed by atoms with Gasteiger partial charge < -0.3 is 28.9 Å². The first-order chi connectivity index (χ1) is 17.8. The van der Waals surface area contributed by atoms with E-state index in [1.807, 2.05) is 0 Å². The predicted molar refractivity (Wildman–Crippen MR) is 163 cm³/mol. The van der Waals surface area contributed by atoms with E-state index in [4.69, 9.17) is 13.8 Å². The first kappa shape index (κ1) is 32.1. The van der Waals surface area contributed by atoms with Crippen LogP contribution in [0.4, 0.5) is 10.6 Å². The molecule has 2 N–H and O–H groups in total. The van der Waals surface area contributed by atoms with Crippen molar-refractivity contribution < 1.29 is 23.9 Å². The molecule has 3 rings (SSSR count). The second kappa shape index (κ2) is 11.4. The van der Waals surface area contributed by atoms with Crippen molar-refractivity contribution in [1.29, 1.82) is 0 Å². The van der Waals surface area contributed by atoms with Crippen LogP contribution in [0.3, 0.4) is 0 Å². The SMILES string of the molecule is CC(C)C(C)(C)C(O[SiH](C)C)c1nc2c(cc1C(O)CO[Si](C)(C)C(C)(C)C)C[C@@H]1CN(C(=O)O)C[C@@H](C)N21. The lowest BCUT2D eigenvalue weighted by Crippen LogP contribution is -2.58. The van der Waals surface area contributed by atoms with E-state index in [0.29, 0.717) is 25.4 Å². The van der Waals surface area contributed by atoms with Crippen molar-refractivity contribution in [2.75, 3.05) is 24.6 Å². The third-order valence-electron chi connectivity index (χ3n) is 9.48. The van der Waals surface area contributed by atoms with E-state index in [1.165, 1.54) is 4.90 Å². The first-order valence-electron chi connectivity index (χ1n) is 14.5. The number of carboxylic acid groups (broad SMARTS) is 1. The molecule has 3 heterocycles. The molecule has 0 aliphatic carbocycles. The van der Waals surface area contributed by atoms with E-state index in [1.54, 1.807) is 0 Å². The van der Waals surface area contributed by atoms with E-state index >= 15 is 0 Å². The molecule has 222 valence electrons. The van der Waals surface area contributed by atoms with Crippen LogP contribution in [0.15, 0.2) is 6.07 Å². The summed E-state index contributed by atoms with van der Waals surface area (Å²) in [4.78, 5) is 20.9. The molecular weight excluding hydrogens is 527 g/mol. The largest absolute Gasteiger partial charge is 0.465 e. The highest BCUT2D eigenvalue weighted by Gasteiger charge is 2.44. The van der Waals surface area contributed by atoms with Crippen LogP contribution in [0.25, 0.3) is 0 Å². The van der Waals surface area contributed by atoms with Gasteiger partial charge in [-0.1, -0.05) is 48.5 Å². The van der Waals surface area contributed by atoms with Crippen molar-refractivity contribution in [3.05, 3.63) is 22.9 Å². The average molecular weight is 580 g/mol. The minimum atomic E-state index is -2.07. The number of aliphatic hydroxyl groups is 1. The lowest BCUT2D eigenvalue weighted by Gasteiger charge is -2.43. The number of aromatic nitrogens is 1. The molecule has 1 saturated heterocycles. The normalized spacial score (nSPS) is 21.8. The quantitative estimate of drug-likeness (QED) is 0.348. The molecular formula is C29H53N3O5Si2. The molecule has 0 saturated carbocycles. The van der Waals surface area contributed by atoms with E-state index < -0.39 is 29.6 Å². The summed E-state index contributed by atoms with van der Waals surface area (Å²) in [5.41, 5.74) is 2.42. The minimum absolute atomic E-state index is 0.0103. The molecule has 1 aromatic heterocycles. The monoisotopic (exact) mass is 579 g/mol. The van der Waals surface area contributed by atoms with Gasteiger partial charge in [0.05, 0.1) is 24.4 Å². The number of nitrogens with zero attached hydrogens (tertiary/aromatic N) is 3. The Bertz CT molecular complexity index is 1040. The standard InChI is InChI=1S/C29H53N3O5Si2/c1-18(2)29(7,8)25(37-38(9)10)24-22(23(33)17-36-39(11,12)28(4,5)6)14-20-13-21-16-31(27(34)35)15-19(3)32(21)26(20)30-24/h14,18-19,21,23,25,33,38H,13,15-17H2,1-12H3,(H,34,35)/t19-,21-,23?,25?/m1/s1. The molecule has 39 heavy (non-hydrogen) atoms. The Kier molecular flexibility index (Phi) is 9.39. The Morgan fingerprint density at radius 1 is 1.21 bits per heavy atom. The second-order valence-electron chi connectivity index (χ2n) is 14.4. The number of fused-ring (bicyclic) bond motifs is 3. The Morgan fingerprint density at radius 3 is 2.33 bits per heavy atom. The zero-order chi connectivity index (χ0) is 29.7. The lowest BCUT2D eigenvalue weighted by atomic mass is 9.74. The molecule has 4 atom stereocenters. The molecule has 1 aromatic rings. The maximum absolute atomic E-state index is 11.8. The summed E-state index contributed by atoms with van der Waals surface area (Å²) in [6.07, 6.45) is -1.28. The number of piperazine rings is 1. The summed E-state index contributed by atoms with van der Waals surface area (Å²) in [7, 11) is -3.55. The van der Waals surface area contributed by atoms with E-state index in [0.717, 1.165) is 22.6 Å².